The molecule has 0 spiro atoms. The van der Waals surface area contributed by atoms with Crippen molar-refractivity contribution in [1.82, 2.24) is 0 Å². The number of halogens is 4. The van der Waals surface area contributed by atoms with Gasteiger partial charge in [0.05, 0.1) is 0 Å². The van der Waals surface area contributed by atoms with Crippen molar-refractivity contribution < 1.29 is 0 Å². The molecule has 0 aromatic carbocycles. The van der Waals surface area contributed by atoms with Crippen LogP contribution in [0.25, 0.3) is 0 Å². The molecule has 0 fully saturated rings. The third kappa shape index (κ3) is 36.2. The molecule has 0 nitrogen and oxygen atoms in total. The number of hydrogen-bond donors (Lipinski definition) is 0. The Morgan fingerprint density at radius 2 is 0.400 bits per heavy atom. The van der Waals surface area contributed by atoms with E-state index < -0.39 is 0 Å². The first-order valence-electron chi connectivity index (χ1n) is 0. The Kier molecular flexibility index (Phi) is 1410. The van der Waals surface area contributed by atoms with Gasteiger partial charge in [0.25, 0.3) is 0 Å². The zero-order valence-corrected chi connectivity index (χ0v) is 5.48. The van der Waals surface area contributed by atoms with Gasteiger partial charge in [0, 0.05) is 8.41 Å². The fraction of sp³-hybridized carbons (Fsp3) is 0. The molecule has 35 valence electrons. The Bertz CT molecular complexity index is 3.61. The van der Waals surface area contributed by atoms with E-state index >= 15 is 0 Å². The molecule has 0 aromatic rings. The zero-order valence-electron chi connectivity index (χ0n) is 2.21. The SMILES string of the molecule is Cl.Cl.Cl.Cl.[B]. The Balaban J connectivity index is 0. The molecule has 0 bridgehead atoms. The van der Waals surface area contributed by atoms with Gasteiger partial charge in [-0.15, -0.1) is 49.6 Å². The van der Waals surface area contributed by atoms with Crippen molar-refractivity contribution in [2.45, 2.75) is 0 Å². The lowest BCUT2D eigenvalue weighted by molar-refractivity contribution is 5.75. The highest BCUT2D eigenvalue weighted by Crippen LogP contribution is 0.693. The van der Waals surface area contributed by atoms with Gasteiger partial charge in [-0.05, 0) is 0 Å². The fourth-order valence-electron chi connectivity index (χ4n) is 0. The average Bonchev–Trinajstić information content (AvgIpc) is 0. The smallest absolute Gasteiger partial charge is 0 e. The van der Waals surface area contributed by atoms with Crippen molar-refractivity contribution >= 4 is 58.0 Å². The Morgan fingerprint density at radius 1 is 0.400 bits per heavy atom. The molecule has 0 aliphatic heterocycles. The van der Waals surface area contributed by atoms with Gasteiger partial charge in [-0.1, -0.05) is 0 Å². The number of rotatable bonds is 0. The van der Waals surface area contributed by atoms with Crippen LogP contribution in [-0.4, -0.2) is 8.41 Å². The lowest BCUT2D eigenvalue weighted by Gasteiger charge is -0.148. The molecular formula is H4BCl4. The molecule has 0 unspecified atom stereocenters. The maximum Gasteiger partial charge on any atom is 0 e. The molecule has 0 saturated heterocycles. The van der Waals surface area contributed by atoms with Crippen LogP contribution in [0.1, 0.15) is 0 Å². The Labute approximate surface area is 58.3 Å². The molecule has 0 aliphatic carbocycles. The highest BCUT2D eigenvalue weighted by atomic mass is 35.5. The molecule has 0 N–H and O–H groups in total. The molecule has 3 radical (unpaired) electrons. The average molecular weight is 157 g/mol. The van der Waals surface area contributed by atoms with Crippen LogP contribution in [0.15, 0.2) is 0 Å². The van der Waals surface area contributed by atoms with Gasteiger partial charge in [0.2, 0.25) is 0 Å². The van der Waals surface area contributed by atoms with E-state index in [2.05, 4.69) is 0 Å². The quantitative estimate of drug-likeness (QED) is 0.464. The fourth-order valence-corrected chi connectivity index (χ4v) is 0. The topological polar surface area (TPSA) is 0 Å². The van der Waals surface area contributed by atoms with Crippen LogP contribution >= 0.6 is 49.6 Å². The van der Waals surface area contributed by atoms with Gasteiger partial charge in [0.1, 0.15) is 0 Å². The minimum absolute atomic E-state index is 0. The van der Waals surface area contributed by atoms with Gasteiger partial charge in [-0.3, -0.25) is 0 Å². The molecule has 0 aromatic heterocycles. The lowest BCUT2D eigenvalue weighted by Crippen LogP contribution is -0.381. The van der Waals surface area contributed by atoms with Crippen LogP contribution in [-0.2, 0) is 0 Å². The van der Waals surface area contributed by atoms with E-state index in [1.807, 2.05) is 0 Å². The van der Waals surface area contributed by atoms with Gasteiger partial charge >= 0.3 is 0 Å². The molecular weight excluding hydrogens is 153 g/mol. The normalized spacial score (nSPS) is 0. The summed E-state index contributed by atoms with van der Waals surface area (Å²) in [5.41, 5.74) is 0. The lowest BCUT2D eigenvalue weighted by atomic mass is 10.8. The number of hydrogen-bond acceptors (Lipinski definition) is 0. The molecule has 0 heterocycles. The molecule has 0 aliphatic rings. The summed E-state index contributed by atoms with van der Waals surface area (Å²) in [5, 5.41) is 0. The van der Waals surface area contributed by atoms with E-state index in [9.17, 15) is 0 Å². The molecule has 5 heavy (non-hydrogen) atoms. The van der Waals surface area contributed by atoms with E-state index in [1.165, 1.54) is 0 Å². The maximum atomic E-state index is 0. The molecule has 0 atom stereocenters. The first-order valence-corrected chi connectivity index (χ1v) is 0. The molecule has 5 heteroatoms. The van der Waals surface area contributed by atoms with Gasteiger partial charge < -0.3 is 0 Å². The summed E-state index contributed by atoms with van der Waals surface area (Å²) in [6, 6.07) is 0. The van der Waals surface area contributed by atoms with Crippen LogP contribution in [0.4, 0.5) is 0 Å². The second-order valence-corrected chi connectivity index (χ2v) is 0. The predicted molar refractivity (Wildman–Crippen MR) is 34.7 cm³/mol. The predicted octanol–water partition coefficient (Wildman–Crippen LogP) is 1.31. The van der Waals surface area contributed by atoms with Crippen molar-refractivity contribution in [1.29, 1.82) is 0 Å². The first-order chi connectivity index (χ1) is 0. The first kappa shape index (κ1) is 113. The summed E-state index contributed by atoms with van der Waals surface area (Å²) < 4.78 is 0. The Hall–Kier alpha value is 1.22. The zero-order chi connectivity index (χ0) is 0. The minimum atomic E-state index is 0. The largest absolute Gasteiger partial charge is 0.147 e. The van der Waals surface area contributed by atoms with Crippen molar-refractivity contribution in [3.63, 3.8) is 0 Å². The van der Waals surface area contributed by atoms with Crippen LogP contribution in [0.5, 0.6) is 0 Å². The van der Waals surface area contributed by atoms with E-state index in [4.69, 9.17) is 0 Å². The maximum absolute atomic E-state index is 0. The summed E-state index contributed by atoms with van der Waals surface area (Å²) >= 11 is 0. The van der Waals surface area contributed by atoms with Crippen molar-refractivity contribution in [3.05, 3.63) is 0 Å². The summed E-state index contributed by atoms with van der Waals surface area (Å²) in [4.78, 5) is 0. The van der Waals surface area contributed by atoms with Crippen LogP contribution in [0, 0.1) is 0 Å². The third-order valence-corrected chi connectivity index (χ3v) is 0. The summed E-state index contributed by atoms with van der Waals surface area (Å²) in [7, 11) is 0. The molecule has 0 amide bonds. The van der Waals surface area contributed by atoms with E-state index in [0.717, 1.165) is 0 Å². The van der Waals surface area contributed by atoms with E-state index in [1.54, 1.807) is 0 Å². The van der Waals surface area contributed by atoms with E-state index in [0.29, 0.717) is 0 Å². The van der Waals surface area contributed by atoms with E-state index in [-0.39, 0.29) is 58.0 Å². The summed E-state index contributed by atoms with van der Waals surface area (Å²) in [5.74, 6) is 0. The summed E-state index contributed by atoms with van der Waals surface area (Å²) in [6.07, 6.45) is 0. The second-order valence-electron chi connectivity index (χ2n) is 0. The van der Waals surface area contributed by atoms with Crippen LogP contribution in [0.2, 0.25) is 0 Å². The van der Waals surface area contributed by atoms with Crippen molar-refractivity contribution in [2.24, 2.45) is 0 Å². The second kappa shape index (κ2) is 62.2. The van der Waals surface area contributed by atoms with Gasteiger partial charge in [-0.25, -0.2) is 0 Å². The highest BCUT2D eigenvalue weighted by molar-refractivity contribution is 5.86. The Morgan fingerprint density at radius 3 is 0.400 bits per heavy atom. The molecule has 0 saturated carbocycles. The summed E-state index contributed by atoms with van der Waals surface area (Å²) in [6.45, 7) is 0. The van der Waals surface area contributed by atoms with Gasteiger partial charge in [-0.2, -0.15) is 0 Å². The standard InChI is InChI=1S/B.4ClH/h;4*1H. The molecule has 0 rings (SSSR count). The van der Waals surface area contributed by atoms with Crippen LogP contribution in [0.3, 0.4) is 0 Å². The third-order valence-electron chi connectivity index (χ3n) is 0. The van der Waals surface area contributed by atoms with Crippen molar-refractivity contribution in [2.75, 3.05) is 0 Å². The van der Waals surface area contributed by atoms with Crippen molar-refractivity contribution in [3.8, 4) is 0 Å². The van der Waals surface area contributed by atoms with Crippen LogP contribution < -0.4 is 0 Å². The minimum Gasteiger partial charge on any atom is -0.147 e. The highest BCUT2D eigenvalue weighted by Gasteiger charge is 0.0000279. The monoisotopic (exact) mass is 155 g/mol. The van der Waals surface area contributed by atoms with Gasteiger partial charge in [0.15, 0.2) is 0 Å².